The van der Waals surface area contributed by atoms with E-state index in [2.05, 4.69) is 5.10 Å². The zero-order valence-corrected chi connectivity index (χ0v) is 16.5. The lowest BCUT2D eigenvalue weighted by Crippen LogP contribution is -2.47. The highest BCUT2D eigenvalue weighted by Gasteiger charge is 2.41. The normalized spacial score (nSPS) is 18.4. The van der Waals surface area contributed by atoms with Crippen LogP contribution in [0, 0.1) is 0 Å². The Morgan fingerprint density at radius 2 is 1.86 bits per heavy atom. The Balaban J connectivity index is 1.45. The van der Waals surface area contributed by atoms with Crippen LogP contribution in [0.2, 0.25) is 5.02 Å². The third-order valence-corrected chi connectivity index (χ3v) is 5.62. The Bertz CT molecular complexity index is 1010. The molecule has 7 nitrogen and oxygen atoms in total. The Hall–Kier alpha value is -2.61. The van der Waals surface area contributed by atoms with Crippen LogP contribution in [-0.4, -0.2) is 52.7 Å². The molecule has 2 saturated heterocycles. The number of likely N-dealkylation sites (tertiary alicyclic amines) is 1. The second-order valence-corrected chi connectivity index (χ2v) is 7.62. The first-order valence-electron chi connectivity index (χ1n) is 9.61. The predicted molar refractivity (Wildman–Crippen MR) is 106 cm³/mol. The van der Waals surface area contributed by atoms with Gasteiger partial charge < -0.3 is 18.8 Å². The molecular formula is C21H20ClN3O4. The molecule has 0 N–H and O–H groups in total. The molecule has 2 fully saturated rings. The minimum absolute atomic E-state index is 0.119. The highest BCUT2D eigenvalue weighted by Crippen LogP contribution is 2.32. The number of aromatic nitrogens is 2. The van der Waals surface area contributed by atoms with Crippen molar-refractivity contribution in [2.45, 2.75) is 18.6 Å². The summed E-state index contributed by atoms with van der Waals surface area (Å²) < 4.78 is 18.8. The van der Waals surface area contributed by atoms with Crippen molar-refractivity contribution in [3.05, 3.63) is 59.4 Å². The van der Waals surface area contributed by atoms with Crippen LogP contribution in [0.3, 0.4) is 0 Å². The maximum atomic E-state index is 13.1. The van der Waals surface area contributed by atoms with Gasteiger partial charge in [-0.05, 0) is 30.3 Å². The van der Waals surface area contributed by atoms with Gasteiger partial charge in [-0.25, -0.2) is 4.68 Å². The number of nitrogens with zero attached hydrogens (tertiary/aromatic N) is 3. The number of ether oxygens (including phenoxy) is 2. The minimum atomic E-state index is -0.518. The van der Waals surface area contributed by atoms with Crippen molar-refractivity contribution in [2.75, 3.05) is 26.3 Å². The van der Waals surface area contributed by atoms with Gasteiger partial charge in [0, 0.05) is 37.0 Å². The number of carbonyl (C=O) groups excluding carboxylic acids is 1. The summed E-state index contributed by atoms with van der Waals surface area (Å²) in [5, 5.41) is 5.18. The minimum Gasteiger partial charge on any atom is -0.463 e. The first-order valence-corrected chi connectivity index (χ1v) is 9.98. The van der Waals surface area contributed by atoms with E-state index in [-0.39, 0.29) is 5.91 Å². The Labute approximate surface area is 172 Å². The Morgan fingerprint density at radius 1 is 1.07 bits per heavy atom. The SMILES string of the molecule is O=C(c1cc(-c2ccco2)n(-c2cccc(Cl)c2)n1)N1CCC2(CC1)OCCO2. The molecule has 0 atom stereocenters. The molecule has 1 spiro atoms. The van der Waals surface area contributed by atoms with Gasteiger partial charge in [0.25, 0.3) is 5.91 Å². The van der Waals surface area contributed by atoms with Crippen molar-refractivity contribution < 1.29 is 18.7 Å². The molecule has 2 aromatic heterocycles. The van der Waals surface area contributed by atoms with Gasteiger partial charge in [0.15, 0.2) is 17.2 Å². The lowest BCUT2D eigenvalue weighted by molar-refractivity contribution is -0.181. The summed E-state index contributed by atoms with van der Waals surface area (Å²) >= 11 is 6.16. The molecule has 4 heterocycles. The number of rotatable bonds is 3. The van der Waals surface area contributed by atoms with E-state index in [4.69, 9.17) is 25.5 Å². The molecule has 1 amide bonds. The zero-order chi connectivity index (χ0) is 19.8. The van der Waals surface area contributed by atoms with E-state index in [9.17, 15) is 4.79 Å². The molecule has 1 aromatic carbocycles. The quantitative estimate of drug-likeness (QED) is 0.653. The van der Waals surface area contributed by atoms with E-state index in [0.29, 0.717) is 61.3 Å². The smallest absolute Gasteiger partial charge is 0.274 e. The molecular weight excluding hydrogens is 394 g/mol. The van der Waals surface area contributed by atoms with Gasteiger partial charge in [-0.15, -0.1) is 0 Å². The summed E-state index contributed by atoms with van der Waals surface area (Å²) in [6.07, 6.45) is 2.93. The summed E-state index contributed by atoms with van der Waals surface area (Å²) in [4.78, 5) is 14.9. The fraction of sp³-hybridized carbons (Fsp3) is 0.333. The van der Waals surface area contributed by atoms with Crippen molar-refractivity contribution in [3.63, 3.8) is 0 Å². The van der Waals surface area contributed by atoms with Crippen molar-refractivity contribution in [1.29, 1.82) is 0 Å². The summed E-state index contributed by atoms with van der Waals surface area (Å²) in [7, 11) is 0. The molecule has 0 aliphatic carbocycles. The highest BCUT2D eigenvalue weighted by atomic mass is 35.5. The van der Waals surface area contributed by atoms with Crippen LogP contribution in [0.5, 0.6) is 0 Å². The number of benzene rings is 1. The van der Waals surface area contributed by atoms with Gasteiger partial charge in [-0.2, -0.15) is 5.10 Å². The van der Waals surface area contributed by atoms with Crippen LogP contribution in [0.25, 0.3) is 17.1 Å². The largest absolute Gasteiger partial charge is 0.463 e. The van der Waals surface area contributed by atoms with E-state index in [1.165, 1.54) is 0 Å². The highest BCUT2D eigenvalue weighted by molar-refractivity contribution is 6.30. The topological polar surface area (TPSA) is 69.7 Å². The summed E-state index contributed by atoms with van der Waals surface area (Å²) in [6.45, 7) is 2.37. The fourth-order valence-corrected chi connectivity index (χ4v) is 4.07. The Kier molecular flexibility index (Phi) is 4.66. The van der Waals surface area contributed by atoms with Crippen molar-refractivity contribution in [1.82, 2.24) is 14.7 Å². The second kappa shape index (κ2) is 7.33. The fourth-order valence-electron chi connectivity index (χ4n) is 3.89. The number of amides is 1. The van der Waals surface area contributed by atoms with Crippen molar-refractivity contribution in [2.24, 2.45) is 0 Å². The van der Waals surface area contributed by atoms with Gasteiger partial charge in [0.05, 0.1) is 25.2 Å². The molecule has 2 aliphatic rings. The molecule has 3 aromatic rings. The lowest BCUT2D eigenvalue weighted by atomic mass is 10.0. The molecule has 0 bridgehead atoms. The number of hydrogen-bond donors (Lipinski definition) is 0. The van der Waals surface area contributed by atoms with Crippen LogP contribution in [0.4, 0.5) is 0 Å². The summed E-state index contributed by atoms with van der Waals surface area (Å²) in [5.41, 5.74) is 1.81. The molecule has 29 heavy (non-hydrogen) atoms. The lowest BCUT2D eigenvalue weighted by Gasteiger charge is -2.37. The summed E-state index contributed by atoms with van der Waals surface area (Å²) in [6, 6.07) is 12.7. The first-order chi connectivity index (χ1) is 14.1. The zero-order valence-electron chi connectivity index (χ0n) is 15.7. The van der Waals surface area contributed by atoms with Crippen LogP contribution in [0.15, 0.2) is 53.1 Å². The Morgan fingerprint density at radius 3 is 2.55 bits per heavy atom. The van der Waals surface area contributed by atoms with Gasteiger partial charge >= 0.3 is 0 Å². The van der Waals surface area contributed by atoms with Gasteiger partial charge in [-0.3, -0.25) is 4.79 Å². The van der Waals surface area contributed by atoms with E-state index in [0.717, 1.165) is 5.69 Å². The third kappa shape index (κ3) is 3.46. The molecule has 0 unspecified atom stereocenters. The first kappa shape index (κ1) is 18.4. The molecule has 150 valence electrons. The van der Waals surface area contributed by atoms with Crippen LogP contribution in [0.1, 0.15) is 23.3 Å². The molecule has 0 saturated carbocycles. The monoisotopic (exact) mass is 413 g/mol. The van der Waals surface area contributed by atoms with E-state index in [1.807, 2.05) is 18.2 Å². The molecule has 0 radical (unpaired) electrons. The van der Waals surface area contributed by atoms with E-state index >= 15 is 0 Å². The van der Waals surface area contributed by atoms with Crippen LogP contribution < -0.4 is 0 Å². The maximum absolute atomic E-state index is 13.1. The average Bonchev–Trinajstić information content (AvgIpc) is 3.49. The number of hydrogen-bond acceptors (Lipinski definition) is 5. The van der Waals surface area contributed by atoms with Crippen molar-refractivity contribution in [3.8, 4) is 17.1 Å². The van der Waals surface area contributed by atoms with E-state index < -0.39 is 5.79 Å². The average molecular weight is 414 g/mol. The maximum Gasteiger partial charge on any atom is 0.274 e. The third-order valence-electron chi connectivity index (χ3n) is 5.38. The molecule has 5 rings (SSSR count). The van der Waals surface area contributed by atoms with E-state index in [1.54, 1.807) is 40.1 Å². The van der Waals surface area contributed by atoms with Crippen LogP contribution in [-0.2, 0) is 9.47 Å². The van der Waals surface area contributed by atoms with Gasteiger partial charge in [-0.1, -0.05) is 17.7 Å². The van der Waals surface area contributed by atoms with Crippen LogP contribution >= 0.6 is 11.6 Å². The number of piperidine rings is 1. The predicted octanol–water partition coefficient (Wildman–Crippen LogP) is 3.76. The molecule has 2 aliphatic heterocycles. The number of carbonyl (C=O) groups is 1. The second-order valence-electron chi connectivity index (χ2n) is 7.18. The number of halogens is 1. The summed E-state index contributed by atoms with van der Waals surface area (Å²) in [5.74, 6) is -0.00991. The standard InChI is InChI=1S/C21H20ClN3O4/c22-15-3-1-4-16(13-15)25-18(19-5-2-10-27-19)14-17(23-25)20(26)24-8-6-21(7-9-24)28-11-12-29-21/h1-5,10,13-14H,6-9,11-12H2. The molecule has 8 heteroatoms. The van der Waals surface area contributed by atoms with Crippen molar-refractivity contribution >= 4 is 17.5 Å². The van der Waals surface area contributed by atoms with Gasteiger partial charge in [0.1, 0.15) is 5.69 Å². The number of furan rings is 1. The van der Waals surface area contributed by atoms with Gasteiger partial charge in [0.2, 0.25) is 0 Å².